The fourth-order valence-electron chi connectivity index (χ4n) is 3.60. The van der Waals surface area contributed by atoms with Crippen molar-refractivity contribution in [2.75, 3.05) is 0 Å². The molecule has 37 heavy (non-hydrogen) atoms. The van der Waals surface area contributed by atoms with Crippen LogP contribution in [0.3, 0.4) is 0 Å². The van der Waals surface area contributed by atoms with Crippen LogP contribution in [-0.2, 0) is 19.9 Å². The second kappa shape index (κ2) is 9.51. The second-order valence-corrected chi connectivity index (χ2v) is 8.84. The number of benzene rings is 2. The predicted octanol–water partition coefficient (Wildman–Crippen LogP) is -0.676. The topological polar surface area (TPSA) is 251 Å². The molecule has 1 saturated heterocycles. The lowest BCUT2D eigenvalue weighted by Gasteiger charge is -2.38. The van der Waals surface area contributed by atoms with Crippen LogP contribution in [0.25, 0.3) is 22.3 Å². The highest BCUT2D eigenvalue weighted by molar-refractivity contribution is 7.81. The van der Waals surface area contributed by atoms with Crippen molar-refractivity contribution in [3.63, 3.8) is 0 Å². The molecule has 3 aromatic rings. The maximum absolute atomic E-state index is 13.4. The molecule has 0 amide bonds. The molecular weight excluding hydrogens is 524 g/mol. The van der Waals surface area contributed by atoms with Crippen LogP contribution in [0.4, 0.5) is 0 Å². The van der Waals surface area contributed by atoms with Crippen molar-refractivity contribution in [1.29, 1.82) is 0 Å². The van der Waals surface area contributed by atoms with E-state index in [-0.39, 0.29) is 11.3 Å². The summed E-state index contributed by atoms with van der Waals surface area (Å²) < 4.78 is 51.5. The lowest BCUT2D eigenvalue weighted by molar-refractivity contribution is -0.271. The van der Waals surface area contributed by atoms with E-state index in [1.54, 1.807) is 0 Å². The summed E-state index contributed by atoms with van der Waals surface area (Å²) in [6.07, 6.45) is -10.2. The molecule has 1 fully saturated rings. The first kappa shape index (κ1) is 26.1. The number of aliphatic hydroxyl groups is 3. The molecule has 0 bridgehead atoms. The van der Waals surface area contributed by atoms with E-state index >= 15 is 0 Å². The zero-order valence-corrected chi connectivity index (χ0v) is 19.0. The standard InChI is InChI=1S/C21H18O15S/c22-8-3-1-7(2-4-8)17-18(34-21-16(27)14(25)15(26)19(35-21)20(28)29)13(24)12-10(23)5-9(6-11(12)33-17)36-37(30,31)32/h1-6,14-16,19,21-23,25-27H,(H,28,29)(H,30,31,32)/t14-,15-,16+,19-,21+/m0/s1. The summed E-state index contributed by atoms with van der Waals surface area (Å²) in [5.41, 5.74) is -1.51. The monoisotopic (exact) mass is 542 g/mol. The Kier molecular flexibility index (Phi) is 6.72. The third kappa shape index (κ3) is 5.15. The molecule has 7 N–H and O–H groups in total. The average molecular weight is 542 g/mol. The van der Waals surface area contributed by atoms with Gasteiger partial charge in [0.05, 0.1) is 0 Å². The number of aromatic hydroxyl groups is 2. The third-order valence-corrected chi connectivity index (χ3v) is 5.69. The molecule has 1 aliphatic heterocycles. The molecule has 16 heteroatoms. The van der Waals surface area contributed by atoms with Gasteiger partial charge in [0.15, 0.2) is 17.6 Å². The number of aliphatic hydroxyl groups excluding tert-OH is 3. The third-order valence-electron chi connectivity index (χ3n) is 5.28. The molecule has 4 rings (SSSR count). The van der Waals surface area contributed by atoms with Crippen molar-refractivity contribution in [2.45, 2.75) is 30.7 Å². The Morgan fingerprint density at radius 2 is 1.62 bits per heavy atom. The van der Waals surface area contributed by atoms with E-state index in [4.69, 9.17) is 18.4 Å². The van der Waals surface area contributed by atoms with Gasteiger partial charge in [0.2, 0.25) is 17.5 Å². The van der Waals surface area contributed by atoms with Crippen LogP contribution in [0.1, 0.15) is 0 Å². The number of hydrogen-bond acceptors (Lipinski definition) is 13. The smallest absolute Gasteiger partial charge is 0.446 e. The van der Waals surface area contributed by atoms with Gasteiger partial charge >= 0.3 is 16.4 Å². The maximum atomic E-state index is 13.4. The lowest BCUT2D eigenvalue weighted by Crippen LogP contribution is -2.61. The number of rotatable bonds is 6. The van der Waals surface area contributed by atoms with Crippen LogP contribution in [0.2, 0.25) is 0 Å². The molecule has 0 spiro atoms. The first-order valence-corrected chi connectivity index (χ1v) is 11.5. The number of carbonyl (C=O) groups is 1. The quantitative estimate of drug-likeness (QED) is 0.191. The van der Waals surface area contributed by atoms with E-state index in [0.717, 1.165) is 6.07 Å². The van der Waals surface area contributed by atoms with Crippen LogP contribution < -0.4 is 14.3 Å². The number of carboxylic acid groups (broad SMARTS) is 1. The predicted molar refractivity (Wildman–Crippen MR) is 118 cm³/mol. The molecule has 15 nitrogen and oxygen atoms in total. The normalized spacial score (nSPS) is 24.1. The SMILES string of the molecule is O=C(O)[C@H]1O[C@@H](Oc2c(-c3ccc(O)cc3)oc3cc(OS(=O)(=O)O)cc(O)c3c2=O)[C@H](O)[C@@H](O)[C@@H]1O. The molecule has 1 aromatic heterocycles. The number of hydrogen-bond donors (Lipinski definition) is 7. The minimum absolute atomic E-state index is 0.0630. The Labute approximate surface area is 205 Å². The fraction of sp³-hybridized carbons (Fsp3) is 0.238. The minimum atomic E-state index is -5.02. The van der Waals surface area contributed by atoms with E-state index in [0.29, 0.717) is 6.07 Å². The Balaban J connectivity index is 1.90. The first-order chi connectivity index (χ1) is 17.3. The summed E-state index contributed by atoms with van der Waals surface area (Å²) in [5, 5.41) is 58.9. The highest BCUT2D eigenvalue weighted by atomic mass is 32.3. The van der Waals surface area contributed by atoms with Gasteiger partial charge in [-0.25, -0.2) is 4.79 Å². The summed E-state index contributed by atoms with van der Waals surface area (Å²) in [7, 11) is -5.02. The molecule has 198 valence electrons. The van der Waals surface area contributed by atoms with Crippen molar-refractivity contribution >= 4 is 27.3 Å². The number of ether oxygens (including phenoxy) is 2. The van der Waals surface area contributed by atoms with Gasteiger partial charge in [0.1, 0.15) is 40.8 Å². The van der Waals surface area contributed by atoms with Gasteiger partial charge in [0, 0.05) is 17.7 Å². The van der Waals surface area contributed by atoms with Gasteiger partial charge in [0.25, 0.3) is 0 Å². The average Bonchev–Trinajstić information content (AvgIpc) is 2.79. The van der Waals surface area contributed by atoms with E-state index in [9.17, 15) is 48.6 Å². The highest BCUT2D eigenvalue weighted by Gasteiger charge is 2.48. The number of carboxylic acids is 1. The molecule has 0 unspecified atom stereocenters. The maximum Gasteiger partial charge on any atom is 0.446 e. The molecule has 5 atom stereocenters. The van der Waals surface area contributed by atoms with Crippen LogP contribution in [-0.4, -0.2) is 80.3 Å². The number of aliphatic carboxylic acids is 1. The van der Waals surface area contributed by atoms with Crippen LogP contribution in [0.5, 0.6) is 23.0 Å². The summed E-state index contributed by atoms with van der Waals surface area (Å²) in [5.74, 6) is -4.58. The van der Waals surface area contributed by atoms with E-state index in [1.165, 1.54) is 24.3 Å². The number of phenolic OH excluding ortho intramolecular Hbond substituents is 2. The molecule has 0 radical (unpaired) electrons. The van der Waals surface area contributed by atoms with Gasteiger partial charge in [-0.1, -0.05) is 0 Å². The van der Waals surface area contributed by atoms with Crippen LogP contribution in [0.15, 0.2) is 45.6 Å². The summed E-state index contributed by atoms with van der Waals surface area (Å²) in [6.45, 7) is 0. The minimum Gasteiger partial charge on any atom is -0.508 e. The van der Waals surface area contributed by atoms with Gasteiger partial charge in [-0.3, -0.25) is 9.35 Å². The molecular formula is C21H18O15S. The fourth-order valence-corrected chi connectivity index (χ4v) is 3.94. The largest absolute Gasteiger partial charge is 0.508 e. The Bertz CT molecular complexity index is 1510. The zero-order valence-electron chi connectivity index (χ0n) is 18.2. The second-order valence-electron chi connectivity index (χ2n) is 7.82. The van der Waals surface area contributed by atoms with Crippen LogP contribution >= 0.6 is 0 Å². The van der Waals surface area contributed by atoms with Crippen LogP contribution in [0, 0.1) is 0 Å². The molecule has 2 heterocycles. The Hall–Kier alpha value is -3.93. The summed E-state index contributed by atoms with van der Waals surface area (Å²) in [6, 6.07) is 6.45. The van der Waals surface area contributed by atoms with Crippen molar-refractivity contribution in [1.82, 2.24) is 0 Å². The van der Waals surface area contributed by atoms with Crippen molar-refractivity contribution in [3.8, 4) is 34.3 Å². The van der Waals surface area contributed by atoms with Crippen molar-refractivity contribution in [3.05, 3.63) is 46.6 Å². The molecule has 2 aromatic carbocycles. The Morgan fingerprint density at radius 3 is 2.22 bits per heavy atom. The van der Waals surface area contributed by atoms with Crippen molar-refractivity contribution in [2.24, 2.45) is 0 Å². The zero-order chi connectivity index (χ0) is 27.2. The van der Waals surface area contributed by atoms with Gasteiger partial charge in [-0.2, -0.15) is 8.42 Å². The summed E-state index contributed by atoms with van der Waals surface area (Å²) >= 11 is 0. The van der Waals surface area contributed by atoms with E-state index in [1.807, 2.05) is 0 Å². The highest BCUT2D eigenvalue weighted by Crippen LogP contribution is 2.38. The molecule has 1 aliphatic rings. The lowest BCUT2D eigenvalue weighted by atomic mass is 9.99. The number of fused-ring (bicyclic) bond motifs is 1. The number of phenols is 2. The van der Waals surface area contributed by atoms with Crippen molar-refractivity contribution < 1.29 is 66.5 Å². The Morgan fingerprint density at radius 1 is 0.973 bits per heavy atom. The van der Waals surface area contributed by atoms with E-state index < -0.39 is 86.5 Å². The molecule has 0 saturated carbocycles. The van der Waals surface area contributed by atoms with Gasteiger partial charge < -0.3 is 48.7 Å². The first-order valence-electron chi connectivity index (χ1n) is 10.2. The van der Waals surface area contributed by atoms with Gasteiger partial charge in [-0.15, -0.1) is 0 Å². The summed E-state index contributed by atoms with van der Waals surface area (Å²) in [4.78, 5) is 24.8. The van der Waals surface area contributed by atoms with Gasteiger partial charge in [-0.05, 0) is 24.3 Å². The molecule has 0 aliphatic carbocycles. The van der Waals surface area contributed by atoms with E-state index in [2.05, 4.69) is 4.18 Å².